The molecule has 1 amide bonds. The highest BCUT2D eigenvalue weighted by atomic mass is 35.5. The molecule has 3 nitrogen and oxygen atoms in total. The minimum absolute atomic E-state index is 0.0881. The maximum atomic E-state index is 11.2. The fraction of sp³-hybridized carbons (Fsp3) is 0.0435. The molecule has 0 bridgehead atoms. The van der Waals surface area contributed by atoms with Gasteiger partial charge in [0.1, 0.15) is 0 Å². The van der Waals surface area contributed by atoms with E-state index in [2.05, 4.69) is 23.5 Å². The van der Waals surface area contributed by atoms with E-state index in [4.69, 9.17) is 16.6 Å². The lowest BCUT2D eigenvalue weighted by molar-refractivity contribution is -0.114. The SMILES string of the molecule is CC(=O)Nc1ccc(-c2cc(-c3ccccc3)c3cc(Cl)ccc3n2)cc1. The van der Waals surface area contributed by atoms with E-state index >= 15 is 0 Å². The summed E-state index contributed by atoms with van der Waals surface area (Å²) in [5, 5.41) is 4.49. The Morgan fingerprint density at radius 3 is 2.33 bits per heavy atom. The van der Waals surface area contributed by atoms with E-state index in [1.165, 1.54) is 6.92 Å². The molecule has 1 heterocycles. The van der Waals surface area contributed by atoms with E-state index in [-0.39, 0.29) is 5.91 Å². The molecular formula is C23H17ClN2O. The van der Waals surface area contributed by atoms with Crippen LogP contribution < -0.4 is 5.32 Å². The normalized spacial score (nSPS) is 10.7. The highest BCUT2D eigenvalue weighted by molar-refractivity contribution is 6.31. The summed E-state index contributed by atoms with van der Waals surface area (Å²) in [6, 6.07) is 25.7. The molecule has 1 N–H and O–H groups in total. The van der Waals surface area contributed by atoms with Gasteiger partial charge in [-0.25, -0.2) is 4.98 Å². The van der Waals surface area contributed by atoms with Gasteiger partial charge < -0.3 is 5.32 Å². The van der Waals surface area contributed by atoms with E-state index < -0.39 is 0 Å². The van der Waals surface area contributed by atoms with E-state index in [1.54, 1.807) is 0 Å². The number of nitrogens with one attached hydrogen (secondary N) is 1. The average molecular weight is 373 g/mol. The van der Waals surface area contributed by atoms with Crippen LogP contribution in [0.5, 0.6) is 0 Å². The Labute approximate surface area is 162 Å². The Balaban J connectivity index is 1.87. The molecule has 0 aliphatic heterocycles. The maximum absolute atomic E-state index is 11.2. The monoisotopic (exact) mass is 372 g/mol. The van der Waals surface area contributed by atoms with Crippen molar-refractivity contribution < 1.29 is 4.79 Å². The van der Waals surface area contributed by atoms with E-state index in [0.29, 0.717) is 5.02 Å². The van der Waals surface area contributed by atoms with Crippen molar-refractivity contribution >= 4 is 34.1 Å². The van der Waals surface area contributed by atoms with Crippen LogP contribution in [0.1, 0.15) is 6.92 Å². The van der Waals surface area contributed by atoms with Gasteiger partial charge in [-0.1, -0.05) is 54.1 Å². The molecule has 132 valence electrons. The number of hydrogen-bond donors (Lipinski definition) is 1. The molecule has 3 aromatic carbocycles. The predicted molar refractivity (Wildman–Crippen MR) is 112 cm³/mol. The Hall–Kier alpha value is -3.17. The van der Waals surface area contributed by atoms with Crippen molar-refractivity contribution in [2.24, 2.45) is 0 Å². The topological polar surface area (TPSA) is 42.0 Å². The lowest BCUT2D eigenvalue weighted by Crippen LogP contribution is -2.05. The first-order valence-electron chi connectivity index (χ1n) is 8.64. The van der Waals surface area contributed by atoms with Crippen molar-refractivity contribution in [3.8, 4) is 22.4 Å². The van der Waals surface area contributed by atoms with Crippen LogP contribution in [0.4, 0.5) is 5.69 Å². The zero-order valence-electron chi connectivity index (χ0n) is 14.7. The molecule has 0 spiro atoms. The van der Waals surface area contributed by atoms with Crippen molar-refractivity contribution in [1.82, 2.24) is 4.98 Å². The number of carbonyl (C=O) groups is 1. The van der Waals surface area contributed by atoms with Crippen LogP contribution in [0.3, 0.4) is 0 Å². The van der Waals surface area contributed by atoms with Crippen molar-refractivity contribution in [2.75, 3.05) is 5.32 Å². The number of hydrogen-bond acceptors (Lipinski definition) is 2. The lowest BCUT2D eigenvalue weighted by Gasteiger charge is -2.11. The first-order valence-corrected chi connectivity index (χ1v) is 9.02. The molecule has 1 aromatic heterocycles. The Morgan fingerprint density at radius 1 is 0.889 bits per heavy atom. The molecule has 4 rings (SSSR count). The molecule has 4 heteroatoms. The third-order valence-corrected chi connectivity index (χ3v) is 4.59. The van der Waals surface area contributed by atoms with Gasteiger partial charge in [0.25, 0.3) is 0 Å². The molecule has 0 radical (unpaired) electrons. The van der Waals surface area contributed by atoms with Crippen molar-refractivity contribution in [3.63, 3.8) is 0 Å². The third kappa shape index (κ3) is 3.69. The molecule has 0 aliphatic rings. The van der Waals surface area contributed by atoms with Gasteiger partial charge in [0.15, 0.2) is 0 Å². The molecule has 4 aromatic rings. The number of amides is 1. The summed E-state index contributed by atoms with van der Waals surface area (Å²) < 4.78 is 0. The van der Waals surface area contributed by atoms with Gasteiger partial charge in [-0.2, -0.15) is 0 Å². The highest BCUT2D eigenvalue weighted by Crippen LogP contribution is 2.33. The fourth-order valence-corrected chi connectivity index (χ4v) is 3.30. The number of benzene rings is 3. The molecular weight excluding hydrogens is 356 g/mol. The number of aromatic nitrogens is 1. The summed E-state index contributed by atoms with van der Waals surface area (Å²) in [4.78, 5) is 16.0. The van der Waals surface area contributed by atoms with Crippen molar-refractivity contribution in [3.05, 3.63) is 83.9 Å². The molecule has 0 fully saturated rings. The second-order valence-electron chi connectivity index (χ2n) is 6.34. The summed E-state index contributed by atoms with van der Waals surface area (Å²) in [7, 11) is 0. The second kappa shape index (κ2) is 7.22. The van der Waals surface area contributed by atoms with Gasteiger partial charge in [-0.05, 0) is 47.5 Å². The minimum Gasteiger partial charge on any atom is -0.326 e. The Kier molecular flexibility index (Phi) is 4.61. The van der Waals surface area contributed by atoms with Crippen LogP contribution in [0, 0.1) is 0 Å². The van der Waals surface area contributed by atoms with Crippen LogP contribution in [0.2, 0.25) is 5.02 Å². The van der Waals surface area contributed by atoms with Gasteiger partial charge in [-0.3, -0.25) is 4.79 Å². The maximum Gasteiger partial charge on any atom is 0.221 e. The van der Waals surface area contributed by atoms with Crippen molar-refractivity contribution in [1.29, 1.82) is 0 Å². The number of pyridine rings is 1. The molecule has 0 saturated carbocycles. The van der Waals surface area contributed by atoms with Crippen molar-refractivity contribution in [2.45, 2.75) is 6.92 Å². The summed E-state index contributed by atoms with van der Waals surface area (Å²) in [5.74, 6) is -0.0881. The first kappa shape index (κ1) is 17.3. The zero-order valence-corrected chi connectivity index (χ0v) is 15.5. The fourth-order valence-electron chi connectivity index (χ4n) is 3.13. The number of fused-ring (bicyclic) bond motifs is 1. The predicted octanol–water partition coefficient (Wildman–Crippen LogP) is 6.18. The average Bonchev–Trinajstić information content (AvgIpc) is 2.68. The molecule has 0 saturated heterocycles. The van der Waals surface area contributed by atoms with Crippen LogP contribution in [0.25, 0.3) is 33.3 Å². The number of halogens is 1. The largest absolute Gasteiger partial charge is 0.326 e. The van der Waals surface area contributed by atoms with Gasteiger partial charge in [0.2, 0.25) is 5.91 Å². The van der Waals surface area contributed by atoms with Gasteiger partial charge >= 0.3 is 0 Å². The number of carbonyl (C=O) groups excluding carboxylic acids is 1. The molecule has 0 unspecified atom stereocenters. The van der Waals surface area contributed by atoms with E-state index in [9.17, 15) is 4.79 Å². The van der Waals surface area contributed by atoms with Crippen LogP contribution in [-0.4, -0.2) is 10.9 Å². The molecule has 27 heavy (non-hydrogen) atoms. The van der Waals surface area contributed by atoms with Crippen LogP contribution in [-0.2, 0) is 4.79 Å². The molecule has 0 aliphatic carbocycles. The van der Waals surface area contributed by atoms with E-state index in [1.807, 2.05) is 60.7 Å². The lowest BCUT2D eigenvalue weighted by atomic mass is 9.98. The van der Waals surface area contributed by atoms with E-state index in [0.717, 1.165) is 39.0 Å². The third-order valence-electron chi connectivity index (χ3n) is 4.36. The number of anilines is 1. The number of nitrogens with zero attached hydrogens (tertiary/aromatic N) is 1. The summed E-state index contributed by atoms with van der Waals surface area (Å²) in [6.45, 7) is 1.50. The summed E-state index contributed by atoms with van der Waals surface area (Å²) >= 11 is 6.23. The van der Waals surface area contributed by atoms with Crippen LogP contribution >= 0.6 is 11.6 Å². The van der Waals surface area contributed by atoms with Crippen LogP contribution in [0.15, 0.2) is 78.9 Å². The van der Waals surface area contributed by atoms with Gasteiger partial charge in [0, 0.05) is 28.6 Å². The quantitative estimate of drug-likeness (QED) is 0.466. The second-order valence-corrected chi connectivity index (χ2v) is 6.78. The summed E-state index contributed by atoms with van der Waals surface area (Å²) in [5.41, 5.74) is 5.72. The Bertz CT molecular complexity index is 1120. The minimum atomic E-state index is -0.0881. The van der Waals surface area contributed by atoms with Gasteiger partial charge in [-0.15, -0.1) is 0 Å². The van der Waals surface area contributed by atoms with Gasteiger partial charge in [0.05, 0.1) is 11.2 Å². The first-order chi connectivity index (χ1) is 13.1. The number of rotatable bonds is 3. The zero-order chi connectivity index (χ0) is 18.8. The molecule has 0 atom stereocenters. The summed E-state index contributed by atoms with van der Waals surface area (Å²) in [6.07, 6.45) is 0. The standard InChI is InChI=1S/C23H17ClN2O/c1-15(27)25-19-10-7-17(8-11-19)23-14-20(16-5-3-2-4-6-16)21-13-18(24)9-12-22(21)26-23/h2-14H,1H3,(H,25,27). The Morgan fingerprint density at radius 2 is 1.63 bits per heavy atom. The smallest absolute Gasteiger partial charge is 0.221 e. The highest BCUT2D eigenvalue weighted by Gasteiger charge is 2.10.